The highest BCUT2D eigenvalue weighted by Gasteiger charge is 2.47. The first-order chi connectivity index (χ1) is 23.1. The molecule has 4 N–H and O–H groups in total. The maximum atomic E-state index is 14.4. The predicted octanol–water partition coefficient (Wildman–Crippen LogP) is 2.66. The second-order valence-corrected chi connectivity index (χ2v) is 16.7. The third-order valence-corrected chi connectivity index (χ3v) is 10.4. The number of urea groups is 1. The molecule has 0 aromatic heterocycles. The fourth-order valence-corrected chi connectivity index (χ4v) is 7.22. The third kappa shape index (κ3) is 9.31. The molecule has 1 aliphatic carbocycles. The van der Waals surface area contributed by atoms with Gasteiger partial charge in [0.15, 0.2) is 0 Å². The van der Waals surface area contributed by atoms with E-state index in [4.69, 9.17) is 0 Å². The molecule has 0 spiro atoms. The van der Waals surface area contributed by atoms with Gasteiger partial charge in [0.1, 0.15) is 12.1 Å². The molecule has 2 aliphatic rings. The number of anilines is 1. The zero-order valence-electron chi connectivity index (χ0n) is 31.8. The molecule has 1 saturated heterocycles. The number of nitrogens with one attached hydrogen (secondary N) is 4. The first-order valence-electron chi connectivity index (χ1n) is 18.2. The summed E-state index contributed by atoms with van der Waals surface area (Å²) in [6, 6.07) is -3.85. The van der Waals surface area contributed by atoms with Crippen LogP contribution in [0.5, 0.6) is 0 Å². The van der Waals surface area contributed by atoms with E-state index in [1.54, 1.807) is 11.9 Å². The van der Waals surface area contributed by atoms with Crippen LogP contribution in [0.1, 0.15) is 119 Å². The predicted molar refractivity (Wildman–Crippen MR) is 194 cm³/mol. The van der Waals surface area contributed by atoms with E-state index in [0.717, 1.165) is 32.1 Å². The summed E-state index contributed by atoms with van der Waals surface area (Å²) in [4.78, 5) is 94.8. The highest BCUT2D eigenvalue weighted by atomic mass is 16.2. The molecular weight excluding hydrogens is 640 g/mol. The minimum Gasteiger partial charge on any atom is -0.369 e. The van der Waals surface area contributed by atoms with Crippen LogP contribution in [0.25, 0.3) is 0 Å². The van der Waals surface area contributed by atoms with Crippen molar-refractivity contribution < 1.29 is 24.0 Å². The van der Waals surface area contributed by atoms with E-state index in [-0.39, 0.29) is 12.5 Å². The Hall–Kier alpha value is -3.77. The van der Waals surface area contributed by atoms with Crippen LogP contribution in [0.4, 0.5) is 10.5 Å². The van der Waals surface area contributed by atoms with E-state index in [1.165, 1.54) is 11.8 Å². The van der Waals surface area contributed by atoms with E-state index in [1.807, 2.05) is 55.4 Å². The minimum atomic E-state index is -1.07. The fourth-order valence-electron chi connectivity index (χ4n) is 7.22. The number of hydrogen-bond acceptors (Lipinski definition) is 8. The Balaban J connectivity index is 1.81. The molecule has 3 rings (SSSR count). The van der Waals surface area contributed by atoms with Gasteiger partial charge in [-0.25, -0.2) is 4.79 Å². The molecule has 1 aromatic rings. The van der Waals surface area contributed by atoms with Crippen LogP contribution in [-0.4, -0.2) is 85.3 Å². The van der Waals surface area contributed by atoms with Crippen molar-refractivity contribution >= 4 is 35.2 Å². The number of hydrogen-bond donors (Lipinski definition) is 4. The second-order valence-electron chi connectivity index (χ2n) is 16.7. The molecule has 4 atom stereocenters. The maximum absolute atomic E-state index is 14.4. The molecule has 1 aromatic carbocycles. The topological polar surface area (TPSA) is 174 Å². The van der Waals surface area contributed by atoms with Gasteiger partial charge in [0.2, 0.25) is 28.5 Å². The van der Waals surface area contributed by atoms with Gasteiger partial charge in [0.05, 0.1) is 17.8 Å². The molecule has 4 unspecified atom stereocenters. The number of amides is 5. The Kier molecular flexibility index (Phi) is 13.1. The van der Waals surface area contributed by atoms with Crippen molar-refractivity contribution in [2.45, 2.75) is 143 Å². The smallest absolute Gasteiger partial charge is 0.315 e. The molecule has 2 fully saturated rings. The summed E-state index contributed by atoms with van der Waals surface area (Å²) in [5.41, 5.74) is -1.71. The molecule has 13 nitrogen and oxygen atoms in total. The summed E-state index contributed by atoms with van der Waals surface area (Å²) < 4.78 is 0. The van der Waals surface area contributed by atoms with Crippen LogP contribution >= 0.6 is 0 Å². The van der Waals surface area contributed by atoms with Gasteiger partial charge in [-0.05, 0) is 55.3 Å². The van der Waals surface area contributed by atoms with Gasteiger partial charge in [-0.1, -0.05) is 74.7 Å². The van der Waals surface area contributed by atoms with Gasteiger partial charge in [0.25, 0.3) is 5.91 Å². The number of likely N-dealkylation sites (N-methyl/N-ethyl adjacent to an activating group) is 1. The van der Waals surface area contributed by atoms with Gasteiger partial charge in [-0.3, -0.25) is 28.8 Å². The van der Waals surface area contributed by atoms with Crippen LogP contribution in [0, 0.1) is 10.8 Å². The van der Waals surface area contributed by atoms with E-state index >= 15 is 0 Å². The van der Waals surface area contributed by atoms with Crippen molar-refractivity contribution in [3.05, 3.63) is 26.0 Å². The lowest BCUT2D eigenvalue weighted by molar-refractivity contribution is -0.144. The van der Waals surface area contributed by atoms with Gasteiger partial charge >= 0.3 is 6.03 Å². The number of carbonyl (C=O) groups is 5. The monoisotopic (exact) mass is 700 g/mol. The highest BCUT2D eigenvalue weighted by molar-refractivity contribution is 6.38. The minimum absolute atomic E-state index is 0.252. The van der Waals surface area contributed by atoms with Gasteiger partial charge in [-0.15, -0.1) is 0 Å². The molecular formula is C37H60N6O7. The Morgan fingerprint density at radius 2 is 1.54 bits per heavy atom. The molecule has 13 heteroatoms. The van der Waals surface area contributed by atoms with Crippen molar-refractivity contribution in [3.8, 4) is 0 Å². The zero-order valence-corrected chi connectivity index (χ0v) is 31.8. The first kappa shape index (κ1) is 40.7. The number of carbonyl (C=O) groups excluding carboxylic acids is 5. The molecule has 1 saturated carbocycles. The van der Waals surface area contributed by atoms with E-state index in [0.29, 0.717) is 43.6 Å². The molecule has 1 heterocycles. The van der Waals surface area contributed by atoms with E-state index in [2.05, 4.69) is 21.3 Å². The molecule has 280 valence electrons. The molecule has 0 bridgehead atoms. The third-order valence-electron chi connectivity index (χ3n) is 10.4. The van der Waals surface area contributed by atoms with E-state index < -0.39 is 74.9 Å². The van der Waals surface area contributed by atoms with Crippen molar-refractivity contribution in [3.63, 3.8) is 0 Å². The van der Waals surface area contributed by atoms with Crippen LogP contribution in [0.2, 0.25) is 0 Å². The van der Waals surface area contributed by atoms with Crippen LogP contribution in [-0.2, 0) is 24.6 Å². The Labute approximate surface area is 296 Å². The number of nitrogens with zero attached hydrogens (tertiary/aromatic N) is 2. The average Bonchev–Trinajstić information content (AvgIpc) is 3.53. The lowest BCUT2D eigenvalue weighted by Crippen LogP contribution is -2.63. The van der Waals surface area contributed by atoms with Crippen LogP contribution in [0.15, 0.2) is 9.59 Å². The summed E-state index contributed by atoms with van der Waals surface area (Å²) in [7, 11) is 1.74. The molecule has 5 amide bonds. The first-order valence-corrected chi connectivity index (χ1v) is 18.2. The number of Topliss-reactive ketones (excluding diaryl/α,β-unsaturated/α-hetero) is 1. The van der Waals surface area contributed by atoms with Crippen molar-refractivity contribution in [2.24, 2.45) is 10.8 Å². The van der Waals surface area contributed by atoms with Crippen molar-refractivity contribution in [1.82, 2.24) is 26.2 Å². The fraction of sp³-hybridized carbons (Fsp3) is 0.757. The molecule has 50 heavy (non-hydrogen) atoms. The van der Waals surface area contributed by atoms with Gasteiger partial charge < -0.3 is 31.1 Å². The van der Waals surface area contributed by atoms with Crippen LogP contribution < -0.4 is 37.0 Å². The average molecular weight is 701 g/mol. The summed E-state index contributed by atoms with van der Waals surface area (Å²) in [5.74, 6) is -2.39. The van der Waals surface area contributed by atoms with Crippen molar-refractivity contribution in [2.75, 3.05) is 31.6 Å². The Bertz CT molecular complexity index is 1490. The summed E-state index contributed by atoms with van der Waals surface area (Å²) in [5, 5.41) is 11.2. The molecule has 1 aliphatic heterocycles. The largest absolute Gasteiger partial charge is 0.369 e. The Morgan fingerprint density at radius 1 is 0.920 bits per heavy atom. The maximum Gasteiger partial charge on any atom is 0.315 e. The number of rotatable bonds is 13. The van der Waals surface area contributed by atoms with E-state index in [9.17, 15) is 33.6 Å². The molecule has 0 radical (unpaired) electrons. The van der Waals surface area contributed by atoms with Gasteiger partial charge in [0, 0.05) is 32.2 Å². The summed E-state index contributed by atoms with van der Waals surface area (Å²) in [6.07, 6.45) is 5.91. The standard InChI is InChI=1S/C37H60N6O7/c1-11-19-38-32(48)27(44)22(2)39-31(47)23-16-15-20-43(23)33(49)30(37(9)17-13-12-14-18-37)41-34(50)40-24(35(3,4)5)21-42(10)26-25(36(6,7)8)28(45)29(26)46/h22-24,30H,11-21H2,1-10H3,(H,38,48)(H,39,47)(H2,40,41,50). The second kappa shape index (κ2) is 16.1. The lowest BCUT2D eigenvalue weighted by Gasteiger charge is -2.43. The Morgan fingerprint density at radius 3 is 2.10 bits per heavy atom. The van der Waals surface area contributed by atoms with Crippen LogP contribution in [0.3, 0.4) is 0 Å². The normalized spacial score (nSPS) is 19.6. The summed E-state index contributed by atoms with van der Waals surface area (Å²) >= 11 is 0. The zero-order chi connectivity index (χ0) is 37.8. The number of likely N-dealkylation sites (tertiary alicyclic amines) is 1. The quantitative estimate of drug-likeness (QED) is 0.227. The number of ketones is 1. The van der Waals surface area contributed by atoms with Gasteiger partial charge in [-0.2, -0.15) is 0 Å². The summed E-state index contributed by atoms with van der Waals surface area (Å²) in [6.45, 7) is 17.8. The SMILES string of the molecule is CCCNC(=O)C(=O)C(C)NC(=O)C1CCCN1C(=O)C(NC(=O)NC(CN(C)c1c(C(C)(C)C)c(=O)c1=O)C(C)(C)C)C1(C)CCCCC1. The highest BCUT2D eigenvalue weighted by Crippen LogP contribution is 2.40. The van der Waals surface area contributed by atoms with Crippen molar-refractivity contribution in [1.29, 1.82) is 0 Å². The lowest BCUT2D eigenvalue weighted by atomic mass is 9.70.